The molecule has 2 aromatic rings. The Balaban J connectivity index is 1.81. The Hall–Kier alpha value is -2.69. The second kappa shape index (κ2) is 5.97. The van der Waals surface area contributed by atoms with E-state index in [0.717, 1.165) is 16.3 Å². The van der Waals surface area contributed by atoms with Crippen LogP contribution in [-0.4, -0.2) is 31.2 Å². The number of piperidine rings is 1. The molecule has 0 bridgehead atoms. The van der Waals surface area contributed by atoms with Crippen molar-refractivity contribution in [2.75, 3.05) is 7.05 Å². The molecule has 0 radical (unpaired) electrons. The highest BCUT2D eigenvalue weighted by Crippen LogP contribution is 2.24. The van der Waals surface area contributed by atoms with Crippen LogP contribution in [0.25, 0.3) is 10.8 Å². The summed E-state index contributed by atoms with van der Waals surface area (Å²) < 4.78 is 5.71. The van der Waals surface area contributed by atoms with Gasteiger partial charge in [0.2, 0.25) is 5.91 Å². The fourth-order valence-electron chi connectivity index (χ4n) is 2.50. The van der Waals surface area contributed by atoms with E-state index in [1.54, 1.807) is 13.3 Å². The molecular formula is C17H16N2O3. The van der Waals surface area contributed by atoms with Gasteiger partial charge in [-0.2, -0.15) is 0 Å². The normalized spacial score (nSPS) is 18.7. The maximum atomic E-state index is 11.7. The van der Waals surface area contributed by atoms with Gasteiger partial charge in [0.15, 0.2) is 6.10 Å². The topological polar surface area (TPSA) is 67.8 Å². The summed E-state index contributed by atoms with van der Waals surface area (Å²) in [7, 11) is 1.74. The third-order valence-corrected chi connectivity index (χ3v) is 3.58. The average molecular weight is 296 g/mol. The molecule has 1 N–H and O–H groups in total. The van der Waals surface area contributed by atoms with Crippen LogP contribution in [0.3, 0.4) is 0 Å². The third-order valence-electron chi connectivity index (χ3n) is 3.58. The van der Waals surface area contributed by atoms with E-state index < -0.39 is 6.10 Å². The van der Waals surface area contributed by atoms with Gasteiger partial charge in [-0.05, 0) is 34.5 Å². The number of nitrogens with zero attached hydrogens (tertiary/aromatic N) is 1. The highest BCUT2D eigenvalue weighted by atomic mass is 16.5. The number of benzene rings is 2. The zero-order valence-corrected chi connectivity index (χ0v) is 12.2. The van der Waals surface area contributed by atoms with Crippen LogP contribution in [0.4, 0.5) is 0 Å². The van der Waals surface area contributed by atoms with Crippen molar-refractivity contribution in [2.24, 2.45) is 4.99 Å². The average Bonchev–Trinajstić information content (AvgIpc) is 2.50. The van der Waals surface area contributed by atoms with Crippen molar-refractivity contribution in [1.29, 1.82) is 0 Å². The molecule has 1 unspecified atom stereocenters. The van der Waals surface area contributed by atoms with Crippen molar-refractivity contribution in [1.82, 2.24) is 5.32 Å². The number of rotatable bonds is 3. The van der Waals surface area contributed by atoms with E-state index in [4.69, 9.17) is 4.74 Å². The van der Waals surface area contributed by atoms with Crippen molar-refractivity contribution in [3.8, 4) is 5.75 Å². The number of nitrogens with one attached hydrogen (secondary N) is 1. The van der Waals surface area contributed by atoms with Gasteiger partial charge >= 0.3 is 0 Å². The van der Waals surface area contributed by atoms with E-state index in [-0.39, 0.29) is 11.8 Å². The van der Waals surface area contributed by atoms with Gasteiger partial charge in [-0.1, -0.05) is 18.2 Å². The minimum Gasteiger partial charge on any atom is -0.481 e. The van der Waals surface area contributed by atoms with Crippen molar-refractivity contribution in [2.45, 2.75) is 18.9 Å². The van der Waals surface area contributed by atoms with Gasteiger partial charge in [-0.25, -0.2) is 0 Å². The van der Waals surface area contributed by atoms with Gasteiger partial charge in [0.25, 0.3) is 5.91 Å². The minimum absolute atomic E-state index is 0.242. The molecule has 0 saturated carbocycles. The summed E-state index contributed by atoms with van der Waals surface area (Å²) in [4.78, 5) is 26.9. The number of hydrogen-bond acceptors (Lipinski definition) is 4. The molecule has 112 valence electrons. The van der Waals surface area contributed by atoms with Crippen LogP contribution in [0.5, 0.6) is 5.75 Å². The first-order chi connectivity index (χ1) is 10.7. The molecular weight excluding hydrogens is 280 g/mol. The molecule has 0 spiro atoms. The second-order valence-electron chi connectivity index (χ2n) is 5.21. The summed E-state index contributed by atoms with van der Waals surface area (Å²) in [6.45, 7) is 0. The molecule has 1 atom stereocenters. The van der Waals surface area contributed by atoms with Gasteiger partial charge in [0, 0.05) is 26.1 Å². The highest BCUT2D eigenvalue weighted by Gasteiger charge is 2.28. The lowest BCUT2D eigenvalue weighted by Crippen LogP contribution is -2.46. The van der Waals surface area contributed by atoms with E-state index in [2.05, 4.69) is 10.3 Å². The summed E-state index contributed by atoms with van der Waals surface area (Å²) in [6, 6.07) is 11.7. The molecule has 1 saturated heterocycles. The zero-order valence-electron chi connectivity index (χ0n) is 12.2. The van der Waals surface area contributed by atoms with Crippen LogP contribution < -0.4 is 10.1 Å². The van der Waals surface area contributed by atoms with Crippen molar-refractivity contribution < 1.29 is 14.3 Å². The molecule has 1 fully saturated rings. The molecule has 22 heavy (non-hydrogen) atoms. The number of aliphatic imine (C=N–C) groups is 1. The Morgan fingerprint density at radius 3 is 2.73 bits per heavy atom. The van der Waals surface area contributed by atoms with E-state index >= 15 is 0 Å². The standard InChI is InChI=1S/C17H16N2O3/c1-18-10-11-2-3-13-9-14(5-4-12(13)8-11)22-15-6-7-16(20)19-17(15)21/h2-5,8-10,15H,6-7H2,1H3,(H,19,20,21). The number of imide groups is 1. The van der Waals surface area contributed by atoms with Gasteiger partial charge in [0.1, 0.15) is 5.75 Å². The second-order valence-corrected chi connectivity index (χ2v) is 5.21. The quantitative estimate of drug-likeness (QED) is 0.696. The predicted molar refractivity (Wildman–Crippen MR) is 84.3 cm³/mol. The molecule has 0 aliphatic carbocycles. The fraction of sp³-hybridized carbons (Fsp3) is 0.235. The van der Waals surface area contributed by atoms with Crippen molar-refractivity contribution >= 4 is 28.8 Å². The van der Waals surface area contributed by atoms with Gasteiger partial charge in [0.05, 0.1) is 0 Å². The smallest absolute Gasteiger partial charge is 0.267 e. The van der Waals surface area contributed by atoms with Crippen LogP contribution in [0.2, 0.25) is 0 Å². The van der Waals surface area contributed by atoms with Crippen LogP contribution >= 0.6 is 0 Å². The summed E-state index contributed by atoms with van der Waals surface area (Å²) >= 11 is 0. The molecule has 1 aliphatic rings. The first-order valence-corrected chi connectivity index (χ1v) is 7.12. The summed E-state index contributed by atoms with van der Waals surface area (Å²) in [6.07, 6.45) is 1.91. The maximum Gasteiger partial charge on any atom is 0.267 e. The Bertz CT molecular complexity index is 768. The number of carbonyl (C=O) groups excluding carboxylic acids is 2. The van der Waals surface area contributed by atoms with E-state index in [1.165, 1.54) is 0 Å². The van der Waals surface area contributed by atoms with E-state index in [0.29, 0.717) is 18.6 Å². The van der Waals surface area contributed by atoms with E-state index in [9.17, 15) is 9.59 Å². The summed E-state index contributed by atoms with van der Waals surface area (Å²) in [5, 5.41) is 4.39. The molecule has 1 heterocycles. The summed E-state index contributed by atoms with van der Waals surface area (Å²) in [5.74, 6) is 0.0123. The van der Waals surface area contributed by atoms with E-state index in [1.807, 2.05) is 36.4 Å². The van der Waals surface area contributed by atoms with Gasteiger partial charge < -0.3 is 4.74 Å². The molecule has 3 rings (SSSR count). The molecule has 2 aromatic carbocycles. The lowest BCUT2D eigenvalue weighted by molar-refractivity contribution is -0.138. The summed E-state index contributed by atoms with van der Waals surface area (Å²) in [5.41, 5.74) is 1.04. The molecule has 2 amide bonds. The lowest BCUT2D eigenvalue weighted by Gasteiger charge is -2.22. The van der Waals surface area contributed by atoms with Gasteiger partial charge in [-0.3, -0.25) is 19.9 Å². The number of fused-ring (bicyclic) bond motifs is 1. The minimum atomic E-state index is -0.610. The largest absolute Gasteiger partial charge is 0.481 e. The van der Waals surface area contributed by atoms with Crippen LogP contribution in [0, 0.1) is 0 Å². The number of amides is 2. The number of carbonyl (C=O) groups is 2. The first kappa shape index (κ1) is 14.3. The highest BCUT2D eigenvalue weighted by molar-refractivity contribution is 6.00. The number of ether oxygens (including phenoxy) is 1. The van der Waals surface area contributed by atoms with Crippen molar-refractivity contribution in [3.63, 3.8) is 0 Å². The maximum absolute atomic E-state index is 11.7. The Morgan fingerprint density at radius 1 is 1.18 bits per heavy atom. The molecule has 5 nitrogen and oxygen atoms in total. The monoisotopic (exact) mass is 296 g/mol. The fourth-order valence-corrected chi connectivity index (χ4v) is 2.50. The lowest BCUT2D eigenvalue weighted by atomic mass is 10.1. The Kier molecular flexibility index (Phi) is 3.87. The number of hydrogen-bond donors (Lipinski definition) is 1. The Labute approximate surface area is 128 Å². The van der Waals surface area contributed by atoms with Crippen molar-refractivity contribution in [3.05, 3.63) is 42.0 Å². The van der Waals surface area contributed by atoms with Crippen LogP contribution in [0.1, 0.15) is 18.4 Å². The molecule has 1 aliphatic heterocycles. The van der Waals surface area contributed by atoms with Gasteiger partial charge in [-0.15, -0.1) is 0 Å². The Morgan fingerprint density at radius 2 is 1.95 bits per heavy atom. The predicted octanol–water partition coefficient (Wildman–Crippen LogP) is 2.07. The third kappa shape index (κ3) is 2.98. The van der Waals surface area contributed by atoms with Crippen LogP contribution in [-0.2, 0) is 9.59 Å². The first-order valence-electron chi connectivity index (χ1n) is 7.12. The molecule has 5 heteroatoms. The molecule has 0 aromatic heterocycles. The SMILES string of the molecule is CN=Cc1ccc2cc(OC3CCC(=O)NC3=O)ccc2c1. The van der Waals surface area contributed by atoms with Crippen LogP contribution in [0.15, 0.2) is 41.4 Å². The zero-order chi connectivity index (χ0) is 15.5.